The summed E-state index contributed by atoms with van der Waals surface area (Å²) in [5.74, 6) is 3.02. The Balaban J connectivity index is 1.66. The van der Waals surface area contributed by atoms with Crippen molar-refractivity contribution in [3.63, 3.8) is 0 Å². The van der Waals surface area contributed by atoms with E-state index >= 15 is 0 Å². The second-order valence-electron chi connectivity index (χ2n) is 5.26. The molecule has 2 nitrogen and oxygen atoms in total. The average Bonchev–Trinajstić information content (AvgIpc) is 2.76. The Morgan fingerprint density at radius 2 is 2.21 bits per heavy atom. The molecule has 2 N–H and O–H groups in total. The van der Waals surface area contributed by atoms with Crippen LogP contribution in [0.5, 0.6) is 0 Å². The normalized spacial score (nSPS) is 37.7. The Labute approximate surface area is 87.1 Å². The fourth-order valence-corrected chi connectivity index (χ4v) is 3.27. The van der Waals surface area contributed by atoms with Gasteiger partial charge in [0.15, 0.2) is 0 Å². The molecule has 0 amide bonds. The minimum Gasteiger partial charge on any atom is -0.396 e. The minimum absolute atomic E-state index is 0.310. The van der Waals surface area contributed by atoms with Crippen LogP contribution in [0.4, 0.5) is 0 Å². The van der Waals surface area contributed by atoms with Crippen LogP contribution in [0.25, 0.3) is 0 Å². The highest BCUT2D eigenvalue weighted by atomic mass is 16.3. The number of nitrogens with one attached hydrogen (secondary N) is 1. The first-order valence-electron chi connectivity index (χ1n) is 6.14. The van der Waals surface area contributed by atoms with E-state index in [1.807, 2.05) is 0 Å². The summed E-state index contributed by atoms with van der Waals surface area (Å²) < 4.78 is 0. The lowest BCUT2D eigenvalue weighted by Gasteiger charge is -2.23. The third-order valence-electron chi connectivity index (χ3n) is 4.18. The van der Waals surface area contributed by atoms with Crippen molar-refractivity contribution < 1.29 is 5.11 Å². The molecule has 0 heterocycles. The lowest BCUT2D eigenvalue weighted by Crippen LogP contribution is -2.33. The van der Waals surface area contributed by atoms with Gasteiger partial charge in [-0.3, -0.25) is 0 Å². The molecule has 2 aliphatic carbocycles. The van der Waals surface area contributed by atoms with Crippen molar-refractivity contribution in [2.45, 2.75) is 45.1 Å². The number of aliphatic hydroxyl groups excluding tert-OH is 1. The average molecular weight is 197 g/mol. The Bertz CT molecular complexity index is 183. The van der Waals surface area contributed by atoms with Crippen molar-refractivity contribution in [3.05, 3.63) is 0 Å². The number of hydrogen-bond acceptors (Lipinski definition) is 2. The molecule has 82 valence electrons. The van der Waals surface area contributed by atoms with Gasteiger partial charge in [-0.2, -0.15) is 0 Å². The van der Waals surface area contributed by atoms with Gasteiger partial charge in [0.2, 0.25) is 0 Å². The molecule has 0 aromatic carbocycles. The monoisotopic (exact) mass is 197 g/mol. The zero-order valence-corrected chi connectivity index (χ0v) is 9.21. The number of hydrogen-bond donors (Lipinski definition) is 2. The molecule has 2 bridgehead atoms. The summed E-state index contributed by atoms with van der Waals surface area (Å²) in [6.45, 7) is 3.66. The first kappa shape index (κ1) is 10.4. The van der Waals surface area contributed by atoms with Gasteiger partial charge >= 0.3 is 0 Å². The SMILES string of the molecule is CC(CCO)NCC1CC2CCC1C2. The Morgan fingerprint density at radius 3 is 2.79 bits per heavy atom. The first-order valence-corrected chi connectivity index (χ1v) is 6.14. The van der Waals surface area contributed by atoms with Gasteiger partial charge < -0.3 is 10.4 Å². The highest BCUT2D eigenvalue weighted by Crippen LogP contribution is 2.47. The Morgan fingerprint density at radius 1 is 1.36 bits per heavy atom. The standard InChI is InChI=1S/C12H23NO/c1-9(4-5-14)13-8-12-7-10-2-3-11(12)6-10/h9-14H,2-8H2,1H3. The molecule has 2 heteroatoms. The molecule has 4 unspecified atom stereocenters. The molecule has 4 atom stereocenters. The summed E-state index contributed by atoms with van der Waals surface area (Å²) in [6, 6.07) is 0.485. The predicted molar refractivity (Wildman–Crippen MR) is 58.1 cm³/mol. The second kappa shape index (κ2) is 4.63. The van der Waals surface area contributed by atoms with E-state index in [-0.39, 0.29) is 0 Å². The summed E-state index contributed by atoms with van der Waals surface area (Å²) in [7, 11) is 0. The van der Waals surface area contributed by atoms with Gasteiger partial charge in [-0.25, -0.2) is 0 Å². The van der Waals surface area contributed by atoms with E-state index in [0.717, 1.165) is 24.2 Å². The zero-order chi connectivity index (χ0) is 9.97. The highest BCUT2D eigenvalue weighted by molar-refractivity contribution is 4.91. The molecule has 0 aromatic rings. The smallest absolute Gasteiger partial charge is 0.0445 e. The Hall–Kier alpha value is -0.0800. The molecule has 2 aliphatic rings. The van der Waals surface area contributed by atoms with Crippen LogP contribution in [-0.4, -0.2) is 24.3 Å². The van der Waals surface area contributed by atoms with Gasteiger partial charge in [-0.1, -0.05) is 6.42 Å². The molecule has 0 spiro atoms. The van der Waals surface area contributed by atoms with Crippen molar-refractivity contribution in [2.24, 2.45) is 17.8 Å². The fraction of sp³-hybridized carbons (Fsp3) is 1.00. The second-order valence-corrected chi connectivity index (χ2v) is 5.26. The summed E-state index contributed by atoms with van der Waals surface area (Å²) in [4.78, 5) is 0. The summed E-state index contributed by atoms with van der Waals surface area (Å²) in [6.07, 6.45) is 6.82. The maximum atomic E-state index is 8.79. The van der Waals surface area contributed by atoms with Crippen LogP contribution in [0.2, 0.25) is 0 Å². The van der Waals surface area contributed by atoms with E-state index in [0.29, 0.717) is 12.6 Å². The topological polar surface area (TPSA) is 32.3 Å². The third-order valence-corrected chi connectivity index (χ3v) is 4.18. The quantitative estimate of drug-likeness (QED) is 0.704. The fourth-order valence-electron chi connectivity index (χ4n) is 3.27. The van der Waals surface area contributed by atoms with Gasteiger partial charge in [0, 0.05) is 12.6 Å². The number of aliphatic hydroxyl groups is 1. The van der Waals surface area contributed by atoms with Crippen LogP contribution in [-0.2, 0) is 0 Å². The minimum atomic E-state index is 0.310. The molecular weight excluding hydrogens is 174 g/mol. The summed E-state index contributed by atoms with van der Waals surface area (Å²) in [5.41, 5.74) is 0. The molecule has 0 aromatic heterocycles. The van der Waals surface area contributed by atoms with E-state index in [9.17, 15) is 0 Å². The van der Waals surface area contributed by atoms with E-state index in [1.54, 1.807) is 0 Å². The summed E-state index contributed by atoms with van der Waals surface area (Å²) >= 11 is 0. The lowest BCUT2D eigenvalue weighted by atomic mass is 9.88. The van der Waals surface area contributed by atoms with Gasteiger partial charge in [-0.15, -0.1) is 0 Å². The number of rotatable bonds is 5. The van der Waals surface area contributed by atoms with Gasteiger partial charge in [0.25, 0.3) is 0 Å². The van der Waals surface area contributed by atoms with Crippen LogP contribution in [0, 0.1) is 17.8 Å². The molecule has 0 aliphatic heterocycles. The van der Waals surface area contributed by atoms with Crippen molar-refractivity contribution in [1.82, 2.24) is 5.32 Å². The van der Waals surface area contributed by atoms with Crippen molar-refractivity contribution >= 4 is 0 Å². The molecular formula is C12H23NO. The number of fused-ring (bicyclic) bond motifs is 2. The zero-order valence-electron chi connectivity index (χ0n) is 9.21. The van der Waals surface area contributed by atoms with E-state index in [1.165, 1.54) is 32.2 Å². The van der Waals surface area contributed by atoms with Crippen LogP contribution in [0.15, 0.2) is 0 Å². The largest absolute Gasteiger partial charge is 0.396 e. The van der Waals surface area contributed by atoms with Crippen LogP contribution >= 0.6 is 0 Å². The third kappa shape index (κ3) is 2.29. The summed E-state index contributed by atoms with van der Waals surface area (Å²) in [5, 5.41) is 12.3. The molecule has 14 heavy (non-hydrogen) atoms. The molecule has 2 saturated carbocycles. The molecule has 0 radical (unpaired) electrons. The molecule has 2 fully saturated rings. The predicted octanol–water partition coefficient (Wildman–Crippen LogP) is 1.78. The highest BCUT2D eigenvalue weighted by Gasteiger charge is 2.38. The van der Waals surface area contributed by atoms with Gasteiger partial charge in [0.05, 0.1) is 0 Å². The lowest BCUT2D eigenvalue weighted by molar-refractivity contribution is 0.256. The maximum Gasteiger partial charge on any atom is 0.0445 e. The molecule has 2 rings (SSSR count). The van der Waals surface area contributed by atoms with Crippen molar-refractivity contribution in [3.8, 4) is 0 Å². The van der Waals surface area contributed by atoms with E-state index in [2.05, 4.69) is 12.2 Å². The van der Waals surface area contributed by atoms with Gasteiger partial charge in [-0.05, 0) is 56.9 Å². The Kier molecular flexibility index (Phi) is 3.45. The van der Waals surface area contributed by atoms with E-state index < -0.39 is 0 Å². The first-order chi connectivity index (χ1) is 6.79. The van der Waals surface area contributed by atoms with Gasteiger partial charge in [0.1, 0.15) is 0 Å². The van der Waals surface area contributed by atoms with E-state index in [4.69, 9.17) is 5.11 Å². The van der Waals surface area contributed by atoms with Crippen molar-refractivity contribution in [1.29, 1.82) is 0 Å². The maximum absolute atomic E-state index is 8.79. The van der Waals surface area contributed by atoms with Crippen LogP contribution in [0.3, 0.4) is 0 Å². The van der Waals surface area contributed by atoms with Crippen molar-refractivity contribution in [2.75, 3.05) is 13.2 Å². The van der Waals surface area contributed by atoms with Crippen LogP contribution in [0.1, 0.15) is 39.0 Å². The molecule has 0 saturated heterocycles. The van der Waals surface area contributed by atoms with Crippen LogP contribution < -0.4 is 5.32 Å².